The topological polar surface area (TPSA) is 40.5 Å². The molecule has 0 aromatic heterocycles. The zero-order chi connectivity index (χ0) is 19.2. The number of aromatic hydroxyl groups is 2. The number of benzene rings is 2. The van der Waals surface area contributed by atoms with Gasteiger partial charge < -0.3 is 10.2 Å². The highest BCUT2D eigenvalue weighted by atomic mass is 16.3. The molecule has 2 N–H and O–H groups in total. The maximum atomic E-state index is 10.4. The van der Waals surface area contributed by atoms with Crippen LogP contribution in [0.15, 0.2) is 24.3 Å². The molecule has 2 heteroatoms. The lowest BCUT2D eigenvalue weighted by atomic mass is 9.81. The first-order valence-corrected chi connectivity index (χ1v) is 8.96. The van der Waals surface area contributed by atoms with Crippen molar-refractivity contribution in [3.8, 4) is 11.5 Å². The predicted molar refractivity (Wildman–Crippen MR) is 106 cm³/mol. The fraction of sp³-hybridized carbons (Fsp3) is 0.478. The van der Waals surface area contributed by atoms with E-state index >= 15 is 0 Å². The Labute approximate surface area is 152 Å². The molecule has 0 amide bonds. The summed E-state index contributed by atoms with van der Waals surface area (Å²) < 4.78 is 0. The number of phenolic OH excluding ortho intramolecular Hbond substituents is 2. The summed E-state index contributed by atoms with van der Waals surface area (Å²) in [7, 11) is 0. The van der Waals surface area contributed by atoms with Crippen molar-refractivity contribution in [2.45, 2.75) is 72.6 Å². The molecule has 0 atom stereocenters. The van der Waals surface area contributed by atoms with E-state index in [9.17, 15) is 10.2 Å². The molecule has 2 aromatic rings. The minimum Gasteiger partial charge on any atom is -0.508 e. The molecule has 0 saturated carbocycles. The predicted octanol–water partition coefficient (Wildman–Crippen LogP) is 5.90. The lowest BCUT2D eigenvalue weighted by Gasteiger charge is -2.25. The first-order chi connectivity index (χ1) is 11.3. The van der Waals surface area contributed by atoms with Crippen molar-refractivity contribution in [1.82, 2.24) is 0 Å². The zero-order valence-corrected chi connectivity index (χ0v) is 16.9. The Balaban J connectivity index is 2.51. The van der Waals surface area contributed by atoms with Crippen LogP contribution in [0.5, 0.6) is 11.5 Å². The van der Waals surface area contributed by atoms with Gasteiger partial charge in [0, 0.05) is 0 Å². The van der Waals surface area contributed by atoms with E-state index in [1.165, 1.54) is 0 Å². The maximum Gasteiger partial charge on any atom is 0.119 e. The van der Waals surface area contributed by atoms with Crippen molar-refractivity contribution in [1.29, 1.82) is 0 Å². The van der Waals surface area contributed by atoms with Crippen LogP contribution in [0.2, 0.25) is 0 Å². The highest BCUT2D eigenvalue weighted by Gasteiger charge is 2.21. The normalized spacial score (nSPS) is 12.5. The van der Waals surface area contributed by atoms with E-state index < -0.39 is 0 Å². The Morgan fingerprint density at radius 2 is 0.960 bits per heavy atom. The quantitative estimate of drug-likeness (QED) is 0.714. The van der Waals surface area contributed by atoms with E-state index in [0.717, 1.165) is 33.4 Å². The van der Waals surface area contributed by atoms with Crippen molar-refractivity contribution in [2.24, 2.45) is 0 Å². The van der Waals surface area contributed by atoms with E-state index in [4.69, 9.17) is 0 Å². The molecular formula is C23H32O2. The summed E-state index contributed by atoms with van der Waals surface area (Å²) in [4.78, 5) is 0. The maximum absolute atomic E-state index is 10.4. The van der Waals surface area contributed by atoms with Crippen LogP contribution in [0.25, 0.3) is 0 Å². The molecule has 0 radical (unpaired) electrons. The molecule has 25 heavy (non-hydrogen) atoms. The third-order valence-electron chi connectivity index (χ3n) is 4.90. The third-order valence-corrected chi connectivity index (χ3v) is 4.90. The van der Waals surface area contributed by atoms with Gasteiger partial charge in [-0.2, -0.15) is 0 Å². The highest BCUT2D eigenvalue weighted by Crippen LogP contribution is 2.35. The van der Waals surface area contributed by atoms with Crippen LogP contribution < -0.4 is 0 Å². The Bertz CT molecular complexity index is 720. The van der Waals surface area contributed by atoms with Crippen LogP contribution >= 0.6 is 0 Å². The molecule has 2 aromatic carbocycles. The number of hydrogen-bond donors (Lipinski definition) is 2. The first kappa shape index (κ1) is 19.4. The summed E-state index contributed by atoms with van der Waals surface area (Å²) in [5.74, 6) is 0.685. The summed E-state index contributed by atoms with van der Waals surface area (Å²) >= 11 is 0. The van der Waals surface area contributed by atoms with Gasteiger partial charge in [-0.1, -0.05) is 53.7 Å². The van der Waals surface area contributed by atoms with Gasteiger partial charge in [0.05, 0.1) is 0 Å². The van der Waals surface area contributed by atoms with Crippen molar-refractivity contribution >= 4 is 0 Å². The lowest BCUT2D eigenvalue weighted by Crippen LogP contribution is -2.14. The van der Waals surface area contributed by atoms with Gasteiger partial charge in [-0.3, -0.25) is 0 Å². The Morgan fingerprint density at radius 1 is 0.640 bits per heavy atom. The second-order valence-electron chi connectivity index (χ2n) is 9.25. The SMILES string of the molecule is Cc1c(O)cc(Cc2cc(O)c(C)c(C(C)(C)C)c2)cc1C(C)(C)C. The van der Waals surface area contributed by atoms with Crippen LogP contribution in [0.1, 0.15) is 74.9 Å². The van der Waals surface area contributed by atoms with Gasteiger partial charge >= 0.3 is 0 Å². The summed E-state index contributed by atoms with van der Waals surface area (Å²) in [5, 5.41) is 20.7. The van der Waals surface area contributed by atoms with E-state index in [2.05, 4.69) is 53.7 Å². The summed E-state index contributed by atoms with van der Waals surface area (Å²) in [5.41, 5.74) is 6.29. The minimum absolute atomic E-state index is 0.0242. The Kier molecular flexibility index (Phi) is 4.96. The fourth-order valence-corrected chi connectivity index (χ4v) is 3.51. The third kappa shape index (κ3) is 4.18. The first-order valence-electron chi connectivity index (χ1n) is 8.96. The van der Waals surface area contributed by atoms with Crippen LogP contribution in [-0.4, -0.2) is 10.2 Å². The highest BCUT2D eigenvalue weighted by molar-refractivity contribution is 5.49. The molecule has 0 aliphatic heterocycles. The average Bonchev–Trinajstić information content (AvgIpc) is 2.43. The molecule has 2 nitrogen and oxygen atoms in total. The molecule has 0 bridgehead atoms. The van der Waals surface area contributed by atoms with Gasteiger partial charge in [0.15, 0.2) is 0 Å². The van der Waals surface area contributed by atoms with E-state index in [1.807, 2.05) is 26.0 Å². The average molecular weight is 341 g/mol. The molecule has 0 fully saturated rings. The van der Waals surface area contributed by atoms with Gasteiger partial charge in [-0.25, -0.2) is 0 Å². The van der Waals surface area contributed by atoms with Gasteiger partial charge in [-0.15, -0.1) is 0 Å². The molecular weight excluding hydrogens is 308 g/mol. The largest absolute Gasteiger partial charge is 0.508 e. The van der Waals surface area contributed by atoms with E-state index in [-0.39, 0.29) is 10.8 Å². The summed E-state index contributed by atoms with van der Waals surface area (Å²) in [6, 6.07) is 8.06. The van der Waals surface area contributed by atoms with Crippen LogP contribution in [0, 0.1) is 13.8 Å². The molecule has 0 spiro atoms. The zero-order valence-electron chi connectivity index (χ0n) is 16.9. The van der Waals surface area contributed by atoms with Gasteiger partial charge in [0.25, 0.3) is 0 Å². The summed E-state index contributed by atoms with van der Waals surface area (Å²) in [6.45, 7) is 16.9. The van der Waals surface area contributed by atoms with Crippen LogP contribution in [0.3, 0.4) is 0 Å². The molecule has 0 aliphatic rings. The second-order valence-corrected chi connectivity index (χ2v) is 9.25. The number of phenols is 2. The van der Waals surface area contributed by atoms with Crippen molar-refractivity contribution in [2.75, 3.05) is 0 Å². The Hall–Kier alpha value is -1.96. The van der Waals surface area contributed by atoms with E-state index in [0.29, 0.717) is 17.9 Å². The van der Waals surface area contributed by atoms with Crippen molar-refractivity contribution < 1.29 is 10.2 Å². The fourth-order valence-electron chi connectivity index (χ4n) is 3.51. The smallest absolute Gasteiger partial charge is 0.119 e. The minimum atomic E-state index is -0.0242. The molecule has 0 unspecified atom stereocenters. The van der Waals surface area contributed by atoms with E-state index in [1.54, 1.807) is 0 Å². The van der Waals surface area contributed by atoms with Gasteiger partial charge in [0.1, 0.15) is 11.5 Å². The summed E-state index contributed by atoms with van der Waals surface area (Å²) in [6.07, 6.45) is 0.688. The molecule has 0 saturated heterocycles. The molecule has 0 heterocycles. The Morgan fingerprint density at radius 3 is 1.24 bits per heavy atom. The van der Waals surface area contributed by atoms with Crippen molar-refractivity contribution in [3.05, 3.63) is 57.6 Å². The molecule has 0 aliphatic carbocycles. The monoisotopic (exact) mass is 340 g/mol. The molecule has 2 rings (SSSR count). The lowest BCUT2D eigenvalue weighted by molar-refractivity contribution is 0.464. The van der Waals surface area contributed by atoms with Crippen molar-refractivity contribution in [3.63, 3.8) is 0 Å². The van der Waals surface area contributed by atoms with Gasteiger partial charge in [-0.05, 0) is 76.6 Å². The standard InChI is InChI=1S/C23H32O2/c1-14-18(22(3,4)5)10-16(12-20(14)24)9-17-11-19(23(6,7)8)15(2)21(25)13-17/h10-13,24-25H,9H2,1-8H3. The van der Waals surface area contributed by atoms with Crippen LogP contribution in [0.4, 0.5) is 0 Å². The van der Waals surface area contributed by atoms with Gasteiger partial charge in [0.2, 0.25) is 0 Å². The second kappa shape index (κ2) is 6.40. The number of rotatable bonds is 2. The number of hydrogen-bond acceptors (Lipinski definition) is 2. The molecule has 136 valence electrons. The van der Waals surface area contributed by atoms with Crippen LogP contribution in [-0.2, 0) is 17.3 Å².